The Bertz CT molecular complexity index is 998. The molecule has 2 aromatic carbocycles. The summed E-state index contributed by atoms with van der Waals surface area (Å²) in [6.07, 6.45) is 0.760. The molecule has 28 heavy (non-hydrogen) atoms. The summed E-state index contributed by atoms with van der Waals surface area (Å²) in [6.45, 7) is 4.99. The lowest BCUT2D eigenvalue weighted by Crippen LogP contribution is -2.17. The number of H-pyrrole nitrogens is 1. The highest BCUT2D eigenvalue weighted by molar-refractivity contribution is 7.71. The molecule has 0 saturated heterocycles. The summed E-state index contributed by atoms with van der Waals surface area (Å²) in [5, 5.41) is 7.46. The minimum absolute atomic E-state index is 0.415. The van der Waals surface area contributed by atoms with Gasteiger partial charge in [-0.15, -0.1) is 0 Å². The summed E-state index contributed by atoms with van der Waals surface area (Å²) in [5.74, 6) is 1.95. The molecule has 0 amide bonds. The Morgan fingerprint density at radius 2 is 1.96 bits per heavy atom. The molecule has 3 aromatic rings. The van der Waals surface area contributed by atoms with Gasteiger partial charge in [0, 0.05) is 6.42 Å². The minimum Gasteiger partial charge on any atom is -0.493 e. The topological polar surface area (TPSA) is 64.1 Å². The number of nitrogens with zero attached hydrogens (tertiary/aromatic N) is 2. The third-order valence-corrected chi connectivity index (χ3v) is 4.85. The van der Waals surface area contributed by atoms with Crippen molar-refractivity contribution >= 4 is 23.8 Å². The largest absolute Gasteiger partial charge is 0.493 e. The van der Waals surface area contributed by atoms with Crippen molar-refractivity contribution in [3.8, 4) is 11.5 Å². The highest BCUT2D eigenvalue weighted by Crippen LogP contribution is 2.37. The van der Waals surface area contributed by atoms with Gasteiger partial charge in [-0.1, -0.05) is 48.4 Å². The van der Waals surface area contributed by atoms with Gasteiger partial charge in [-0.25, -0.2) is 4.68 Å². The number of hydrogen-bond donors (Lipinski definition) is 2. The number of benzene rings is 2. The normalized spacial score (nSPS) is 10.7. The molecule has 2 N–H and O–H groups in total. The molecule has 0 bridgehead atoms. The van der Waals surface area contributed by atoms with Gasteiger partial charge in [-0.2, -0.15) is 5.10 Å². The van der Waals surface area contributed by atoms with Crippen LogP contribution in [-0.2, 0) is 19.6 Å². The van der Waals surface area contributed by atoms with Crippen LogP contribution in [-0.4, -0.2) is 22.0 Å². The van der Waals surface area contributed by atoms with Crippen LogP contribution in [0.3, 0.4) is 0 Å². The summed E-state index contributed by atoms with van der Waals surface area (Å²) >= 11 is 11.7. The smallest absolute Gasteiger partial charge is 0.214 e. The lowest BCUT2D eigenvalue weighted by atomic mass is 10.1. The number of aromatic nitrogens is 3. The van der Waals surface area contributed by atoms with Crippen molar-refractivity contribution in [2.45, 2.75) is 33.4 Å². The van der Waals surface area contributed by atoms with Gasteiger partial charge in [0.2, 0.25) is 4.77 Å². The molecule has 0 fully saturated rings. The molecule has 8 heteroatoms. The fourth-order valence-electron chi connectivity index (χ4n) is 2.76. The Labute approximate surface area is 174 Å². The summed E-state index contributed by atoms with van der Waals surface area (Å²) in [7, 11) is 1.60. The van der Waals surface area contributed by atoms with E-state index in [9.17, 15) is 0 Å². The third kappa shape index (κ3) is 4.66. The van der Waals surface area contributed by atoms with E-state index in [0.717, 1.165) is 23.4 Å². The van der Waals surface area contributed by atoms with Crippen molar-refractivity contribution in [2.75, 3.05) is 12.5 Å². The fraction of sp³-hybridized carbons (Fsp3) is 0.300. The van der Waals surface area contributed by atoms with Gasteiger partial charge in [-0.3, -0.25) is 5.10 Å². The Morgan fingerprint density at radius 3 is 2.64 bits per heavy atom. The van der Waals surface area contributed by atoms with Crippen molar-refractivity contribution in [3.05, 3.63) is 68.7 Å². The first-order valence-electron chi connectivity index (χ1n) is 8.96. The second kappa shape index (κ2) is 9.12. The molecular formula is C20H23ClN4O2S. The number of halogens is 1. The van der Waals surface area contributed by atoms with Crippen LogP contribution in [0.5, 0.6) is 11.5 Å². The fourth-order valence-corrected chi connectivity index (χ4v) is 3.26. The molecule has 1 aromatic heterocycles. The monoisotopic (exact) mass is 418 g/mol. The second-order valence-corrected chi connectivity index (χ2v) is 7.15. The van der Waals surface area contributed by atoms with Crippen molar-refractivity contribution in [1.29, 1.82) is 0 Å². The van der Waals surface area contributed by atoms with Crippen LogP contribution in [0, 0.1) is 11.7 Å². The first kappa shape index (κ1) is 20.2. The number of aromatic amines is 1. The van der Waals surface area contributed by atoms with Crippen molar-refractivity contribution in [2.24, 2.45) is 0 Å². The molecule has 0 atom stereocenters. The number of ether oxygens (including phenoxy) is 2. The van der Waals surface area contributed by atoms with E-state index < -0.39 is 0 Å². The number of rotatable bonds is 8. The molecule has 0 aliphatic carbocycles. The standard InChI is InChI=1S/C20H23ClN4O2S/c1-4-18-23-24-20(28)25(18)22-11-15-9-16(21)19(17(10-15)26-3)27-12-14-7-5-13(2)6-8-14/h5-10,22H,4,11-12H2,1-3H3,(H,24,28). The van der Waals surface area contributed by atoms with E-state index in [1.807, 2.05) is 31.2 Å². The zero-order valence-corrected chi connectivity index (χ0v) is 17.7. The first-order valence-corrected chi connectivity index (χ1v) is 9.75. The summed E-state index contributed by atoms with van der Waals surface area (Å²) < 4.78 is 13.7. The molecule has 148 valence electrons. The van der Waals surface area contributed by atoms with Crippen LogP contribution in [0.25, 0.3) is 0 Å². The average Bonchev–Trinajstić information content (AvgIpc) is 3.06. The van der Waals surface area contributed by atoms with Crippen molar-refractivity contribution in [3.63, 3.8) is 0 Å². The summed E-state index contributed by atoms with van der Waals surface area (Å²) in [6, 6.07) is 11.9. The van der Waals surface area contributed by atoms with Crippen LogP contribution in [0.1, 0.15) is 29.4 Å². The molecule has 3 rings (SSSR count). The van der Waals surface area contributed by atoms with Gasteiger partial charge >= 0.3 is 0 Å². The average molecular weight is 419 g/mol. The SMILES string of the molecule is CCc1n[nH]c(=S)n1NCc1cc(Cl)c(OCc2ccc(C)cc2)c(OC)c1. The van der Waals surface area contributed by atoms with Gasteiger partial charge in [0.25, 0.3) is 0 Å². The molecule has 0 spiro atoms. The molecule has 0 aliphatic heterocycles. The van der Waals surface area contributed by atoms with Gasteiger partial charge in [0.1, 0.15) is 6.61 Å². The van der Waals surface area contributed by atoms with Gasteiger partial charge in [0.15, 0.2) is 17.3 Å². The van der Waals surface area contributed by atoms with Crippen LogP contribution < -0.4 is 14.9 Å². The maximum atomic E-state index is 6.48. The van der Waals surface area contributed by atoms with E-state index in [-0.39, 0.29) is 0 Å². The maximum absolute atomic E-state index is 6.48. The summed E-state index contributed by atoms with van der Waals surface area (Å²) in [5.41, 5.74) is 6.47. The van der Waals surface area contributed by atoms with Crippen molar-refractivity contribution in [1.82, 2.24) is 14.9 Å². The minimum atomic E-state index is 0.415. The predicted molar refractivity (Wildman–Crippen MR) is 113 cm³/mol. The molecule has 0 aliphatic rings. The van der Waals surface area contributed by atoms with Gasteiger partial charge in [-0.05, 0) is 42.4 Å². The Kier molecular flexibility index (Phi) is 6.59. The zero-order valence-electron chi connectivity index (χ0n) is 16.1. The van der Waals surface area contributed by atoms with Crippen LogP contribution in [0.15, 0.2) is 36.4 Å². The number of nitrogens with one attached hydrogen (secondary N) is 2. The Hall–Kier alpha value is -2.51. The molecule has 0 unspecified atom stereocenters. The quantitative estimate of drug-likeness (QED) is 0.514. The molecular weight excluding hydrogens is 396 g/mol. The van der Waals surface area contributed by atoms with E-state index in [1.54, 1.807) is 11.8 Å². The van der Waals surface area contributed by atoms with E-state index in [4.69, 9.17) is 33.3 Å². The van der Waals surface area contributed by atoms with Crippen LogP contribution >= 0.6 is 23.8 Å². The van der Waals surface area contributed by atoms with Crippen LogP contribution in [0.4, 0.5) is 0 Å². The van der Waals surface area contributed by atoms with Gasteiger partial charge in [0.05, 0.1) is 18.7 Å². The Balaban J connectivity index is 1.74. The molecule has 6 nitrogen and oxygen atoms in total. The number of hydrogen-bond acceptors (Lipinski definition) is 5. The highest BCUT2D eigenvalue weighted by atomic mass is 35.5. The van der Waals surface area contributed by atoms with Crippen LogP contribution in [0.2, 0.25) is 5.02 Å². The number of aryl methyl sites for hydroxylation is 2. The second-order valence-electron chi connectivity index (χ2n) is 6.35. The lowest BCUT2D eigenvalue weighted by Gasteiger charge is -2.15. The molecule has 1 heterocycles. The van der Waals surface area contributed by atoms with E-state index >= 15 is 0 Å². The third-order valence-electron chi connectivity index (χ3n) is 4.29. The molecule has 0 saturated carbocycles. The summed E-state index contributed by atoms with van der Waals surface area (Å²) in [4.78, 5) is 0. The number of methoxy groups -OCH3 is 1. The Morgan fingerprint density at radius 1 is 1.21 bits per heavy atom. The van der Waals surface area contributed by atoms with Gasteiger partial charge < -0.3 is 14.9 Å². The highest BCUT2D eigenvalue weighted by Gasteiger charge is 2.13. The van der Waals surface area contributed by atoms with E-state index in [2.05, 4.69) is 34.7 Å². The van der Waals surface area contributed by atoms with E-state index in [0.29, 0.717) is 34.4 Å². The predicted octanol–water partition coefficient (Wildman–Crippen LogP) is 4.80. The zero-order chi connectivity index (χ0) is 20.1. The van der Waals surface area contributed by atoms with E-state index in [1.165, 1.54) is 5.56 Å². The first-order chi connectivity index (χ1) is 13.5. The lowest BCUT2D eigenvalue weighted by molar-refractivity contribution is 0.284. The van der Waals surface area contributed by atoms with Crippen molar-refractivity contribution < 1.29 is 9.47 Å². The molecule has 0 radical (unpaired) electrons. The maximum Gasteiger partial charge on any atom is 0.214 e.